The zero-order chi connectivity index (χ0) is 23.6. The van der Waals surface area contributed by atoms with Gasteiger partial charge in [0.1, 0.15) is 0 Å². The first-order valence-corrected chi connectivity index (χ1v) is 12.2. The van der Waals surface area contributed by atoms with Crippen molar-refractivity contribution in [3.63, 3.8) is 0 Å². The average molecular weight is 467 g/mol. The van der Waals surface area contributed by atoms with Crippen LogP contribution in [0.5, 0.6) is 0 Å². The quantitative estimate of drug-likeness (QED) is 0.242. The Labute approximate surface area is 211 Å². The van der Waals surface area contributed by atoms with Crippen molar-refractivity contribution in [1.82, 2.24) is 0 Å². The first-order valence-electron chi connectivity index (χ1n) is 11.8. The summed E-state index contributed by atoms with van der Waals surface area (Å²) in [5, 5.41) is 3.23. The van der Waals surface area contributed by atoms with Crippen LogP contribution in [0.4, 0.5) is 0 Å². The Bertz CT molecular complexity index is 1630. The highest BCUT2D eigenvalue weighted by atomic mass is 35.5. The summed E-state index contributed by atoms with van der Waals surface area (Å²) in [6.45, 7) is 0. The number of halogens is 1. The van der Waals surface area contributed by atoms with Gasteiger partial charge in [0.25, 0.3) is 0 Å². The second kappa shape index (κ2) is 9.25. The summed E-state index contributed by atoms with van der Waals surface area (Å²) < 4.78 is 0. The Kier molecular flexibility index (Phi) is 5.66. The maximum absolute atomic E-state index is 6.82. The maximum atomic E-state index is 6.82. The fourth-order valence-corrected chi connectivity index (χ4v) is 5.14. The van der Waals surface area contributed by atoms with Gasteiger partial charge in [-0.2, -0.15) is 0 Å². The van der Waals surface area contributed by atoms with Crippen LogP contribution in [-0.2, 0) is 0 Å². The molecule has 0 amide bonds. The first kappa shape index (κ1) is 21.4. The molecule has 0 saturated heterocycles. The molecule has 1 heteroatoms. The van der Waals surface area contributed by atoms with Gasteiger partial charge in [0.15, 0.2) is 0 Å². The standard InChI is InChI=1S/C34H23Cl/c35-33-22-21-27(24-11-3-1-4-12-24)23-32(33)30-18-8-7-17-29(30)31-20-10-16-26-15-9-19-28(34(26)31)25-13-5-2-6-14-25/h1-23H. The molecule has 0 aliphatic heterocycles. The lowest BCUT2D eigenvalue weighted by atomic mass is 9.87. The second-order valence-electron chi connectivity index (χ2n) is 8.68. The van der Waals surface area contributed by atoms with Crippen LogP contribution in [0.1, 0.15) is 0 Å². The van der Waals surface area contributed by atoms with Gasteiger partial charge >= 0.3 is 0 Å². The third-order valence-electron chi connectivity index (χ3n) is 6.57. The predicted molar refractivity (Wildman–Crippen MR) is 151 cm³/mol. The van der Waals surface area contributed by atoms with Crippen molar-refractivity contribution in [3.05, 3.63) is 145 Å². The SMILES string of the molecule is Clc1ccc(-c2ccccc2)cc1-c1ccccc1-c1cccc2cccc(-c3ccccc3)c12. The van der Waals surface area contributed by atoms with Crippen LogP contribution in [0, 0.1) is 0 Å². The van der Waals surface area contributed by atoms with E-state index in [0.29, 0.717) is 0 Å². The number of rotatable bonds is 4. The molecule has 6 aromatic rings. The summed E-state index contributed by atoms with van der Waals surface area (Å²) in [6.07, 6.45) is 0. The highest BCUT2D eigenvalue weighted by Gasteiger charge is 2.15. The molecular weight excluding hydrogens is 444 g/mol. The van der Waals surface area contributed by atoms with Gasteiger partial charge in [0.2, 0.25) is 0 Å². The number of hydrogen-bond donors (Lipinski definition) is 0. The summed E-state index contributed by atoms with van der Waals surface area (Å²) in [5.74, 6) is 0. The van der Waals surface area contributed by atoms with Crippen molar-refractivity contribution < 1.29 is 0 Å². The molecule has 6 aromatic carbocycles. The minimum absolute atomic E-state index is 0.751. The van der Waals surface area contributed by atoms with E-state index in [1.54, 1.807) is 0 Å². The van der Waals surface area contributed by atoms with Crippen molar-refractivity contribution in [1.29, 1.82) is 0 Å². The normalized spacial score (nSPS) is 11.0. The van der Waals surface area contributed by atoms with Gasteiger partial charge in [-0.25, -0.2) is 0 Å². The van der Waals surface area contributed by atoms with Gasteiger partial charge in [-0.15, -0.1) is 0 Å². The third kappa shape index (κ3) is 4.03. The number of benzene rings is 6. The van der Waals surface area contributed by atoms with Gasteiger partial charge in [0, 0.05) is 10.6 Å². The summed E-state index contributed by atoms with van der Waals surface area (Å²) in [6, 6.07) is 49.1. The van der Waals surface area contributed by atoms with Gasteiger partial charge in [-0.05, 0) is 61.8 Å². The number of fused-ring (bicyclic) bond motifs is 1. The zero-order valence-electron chi connectivity index (χ0n) is 19.2. The Morgan fingerprint density at radius 2 is 0.886 bits per heavy atom. The molecule has 0 N–H and O–H groups in total. The van der Waals surface area contributed by atoms with Gasteiger partial charge in [-0.3, -0.25) is 0 Å². The van der Waals surface area contributed by atoms with Gasteiger partial charge < -0.3 is 0 Å². The van der Waals surface area contributed by atoms with Crippen molar-refractivity contribution in [2.75, 3.05) is 0 Å². The fraction of sp³-hybridized carbons (Fsp3) is 0. The van der Waals surface area contributed by atoms with Crippen molar-refractivity contribution >= 4 is 22.4 Å². The molecule has 0 aromatic heterocycles. The number of hydrogen-bond acceptors (Lipinski definition) is 0. The van der Waals surface area contributed by atoms with E-state index >= 15 is 0 Å². The molecule has 0 aliphatic rings. The Morgan fingerprint density at radius 1 is 0.343 bits per heavy atom. The summed E-state index contributed by atoms with van der Waals surface area (Å²) in [5.41, 5.74) is 9.34. The minimum atomic E-state index is 0.751. The van der Waals surface area contributed by atoms with Crippen molar-refractivity contribution in [2.24, 2.45) is 0 Å². The molecule has 0 bridgehead atoms. The van der Waals surface area contributed by atoms with Crippen LogP contribution in [0.3, 0.4) is 0 Å². The summed E-state index contributed by atoms with van der Waals surface area (Å²) in [4.78, 5) is 0. The van der Waals surface area contributed by atoms with Crippen LogP contribution in [-0.4, -0.2) is 0 Å². The molecule has 0 spiro atoms. The molecule has 0 nitrogen and oxygen atoms in total. The lowest BCUT2D eigenvalue weighted by Gasteiger charge is -2.17. The molecule has 0 saturated carbocycles. The molecule has 0 aliphatic carbocycles. The lowest BCUT2D eigenvalue weighted by Crippen LogP contribution is -1.90. The highest BCUT2D eigenvalue weighted by molar-refractivity contribution is 6.33. The van der Waals surface area contributed by atoms with Crippen LogP contribution < -0.4 is 0 Å². The van der Waals surface area contributed by atoms with Crippen LogP contribution in [0.15, 0.2) is 140 Å². The van der Waals surface area contributed by atoms with Crippen LogP contribution in [0.2, 0.25) is 5.02 Å². The highest BCUT2D eigenvalue weighted by Crippen LogP contribution is 2.42. The Balaban J connectivity index is 1.60. The van der Waals surface area contributed by atoms with Crippen LogP contribution >= 0.6 is 11.6 Å². The predicted octanol–water partition coefficient (Wildman–Crippen LogP) is 10.2. The Morgan fingerprint density at radius 3 is 1.57 bits per heavy atom. The van der Waals surface area contributed by atoms with E-state index in [2.05, 4.69) is 127 Å². The van der Waals surface area contributed by atoms with E-state index in [1.165, 1.54) is 38.6 Å². The molecule has 0 radical (unpaired) electrons. The fourth-order valence-electron chi connectivity index (χ4n) is 4.92. The molecule has 0 unspecified atom stereocenters. The minimum Gasteiger partial charge on any atom is -0.0837 e. The van der Waals surface area contributed by atoms with E-state index in [4.69, 9.17) is 11.6 Å². The van der Waals surface area contributed by atoms with Gasteiger partial charge in [-0.1, -0.05) is 139 Å². The molecule has 166 valence electrons. The van der Waals surface area contributed by atoms with E-state index in [9.17, 15) is 0 Å². The van der Waals surface area contributed by atoms with E-state index in [-0.39, 0.29) is 0 Å². The van der Waals surface area contributed by atoms with E-state index < -0.39 is 0 Å². The Hall–Kier alpha value is -4.13. The summed E-state index contributed by atoms with van der Waals surface area (Å²) in [7, 11) is 0. The third-order valence-corrected chi connectivity index (χ3v) is 6.90. The van der Waals surface area contributed by atoms with E-state index in [1.807, 2.05) is 12.1 Å². The zero-order valence-corrected chi connectivity index (χ0v) is 19.9. The molecule has 6 rings (SSSR count). The summed E-state index contributed by atoms with van der Waals surface area (Å²) >= 11 is 6.82. The first-order chi connectivity index (χ1) is 17.3. The van der Waals surface area contributed by atoms with Crippen LogP contribution in [0.25, 0.3) is 55.3 Å². The van der Waals surface area contributed by atoms with Gasteiger partial charge in [0.05, 0.1) is 0 Å². The lowest BCUT2D eigenvalue weighted by molar-refractivity contribution is 1.57. The van der Waals surface area contributed by atoms with E-state index in [0.717, 1.165) is 21.7 Å². The van der Waals surface area contributed by atoms with Crippen molar-refractivity contribution in [3.8, 4) is 44.5 Å². The molecular formula is C34H23Cl. The largest absolute Gasteiger partial charge is 0.0837 e. The monoisotopic (exact) mass is 466 g/mol. The molecule has 0 atom stereocenters. The smallest absolute Gasteiger partial charge is 0.0485 e. The molecule has 0 heterocycles. The van der Waals surface area contributed by atoms with Crippen molar-refractivity contribution in [2.45, 2.75) is 0 Å². The second-order valence-corrected chi connectivity index (χ2v) is 9.09. The molecule has 0 fully saturated rings. The average Bonchev–Trinajstić information content (AvgIpc) is 2.94. The topological polar surface area (TPSA) is 0 Å². The maximum Gasteiger partial charge on any atom is 0.0485 e. The molecule has 35 heavy (non-hydrogen) atoms.